The van der Waals surface area contributed by atoms with Crippen LogP contribution in [-0.2, 0) is 0 Å². The van der Waals surface area contributed by atoms with Crippen LogP contribution in [0.1, 0.15) is 0 Å². The maximum atomic E-state index is 13.2. The van der Waals surface area contributed by atoms with Gasteiger partial charge in [0.25, 0.3) is 0 Å². The normalized spacial score (nSPS) is 13.0. The molecule has 2 nitrogen and oxygen atoms in total. The lowest BCUT2D eigenvalue weighted by molar-refractivity contribution is 0.628. The highest BCUT2D eigenvalue weighted by Gasteiger charge is 2.27. The van der Waals surface area contributed by atoms with Gasteiger partial charge in [-0.05, 0) is 35.1 Å². The van der Waals surface area contributed by atoms with Crippen LogP contribution in [0.2, 0.25) is 5.02 Å². The molecule has 21 heavy (non-hydrogen) atoms. The molecule has 0 saturated heterocycles. The number of benzene rings is 3. The van der Waals surface area contributed by atoms with E-state index in [2.05, 4.69) is 22.6 Å². The van der Waals surface area contributed by atoms with E-state index in [1.807, 2.05) is 24.3 Å². The van der Waals surface area contributed by atoms with E-state index >= 15 is 0 Å². The lowest BCUT2D eigenvalue weighted by Crippen LogP contribution is -2.48. The van der Waals surface area contributed by atoms with Crippen molar-refractivity contribution in [3.8, 4) is 0 Å². The lowest BCUT2D eigenvalue weighted by atomic mass is 9.66. The minimum atomic E-state index is -0.331. The van der Waals surface area contributed by atoms with Gasteiger partial charge in [0, 0.05) is 21.8 Å². The van der Waals surface area contributed by atoms with Crippen LogP contribution >= 0.6 is 11.6 Å². The first-order valence-electron chi connectivity index (χ1n) is 6.72. The zero-order chi connectivity index (χ0) is 14.4. The molecule has 0 spiro atoms. The Morgan fingerprint density at radius 2 is 1.57 bits per heavy atom. The molecule has 5 heteroatoms. The summed E-state index contributed by atoms with van der Waals surface area (Å²) in [5.74, 6) is -0.331. The van der Waals surface area contributed by atoms with Gasteiger partial charge in [-0.3, -0.25) is 0 Å². The van der Waals surface area contributed by atoms with Crippen molar-refractivity contribution in [2.45, 2.75) is 0 Å². The summed E-state index contributed by atoms with van der Waals surface area (Å²) in [7, 11) is 0. The zero-order valence-electron chi connectivity index (χ0n) is 11.0. The predicted octanol–water partition coefficient (Wildman–Crippen LogP) is 3.87. The summed E-state index contributed by atoms with van der Waals surface area (Å²) in [4.78, 5) is 0. The van der Waals surface area contributed by atoms with Crippen LogP contribution < -0.4 is 15.9 Å². The van der Waals surface area contributed by atoms with Gasteiger partial charge in [-0.2, -0.15) is 0 Å². The van der Waals surface area contributed by atoms with Crippen LogP contribution in [0.5, 0.6) is 0 Å². The second-order valence-electron chi connectivity index (χ2n) is 5.10. The highest BCUT2D eigenvalue weighted by atomic mass is 35.5. The molecule has 0 atom stereocenters. The number of hydrogen-bond donors (Lipinski definition) is 2. The number of hydrogen-bond acceptors (Lipinski definition) is 2. The molecule has 2 N–H and O–H groups in total. The molecule has 0 fully saturated rings. The first kappa shape index (κ1) is 12.5. The molecular formula is C16H11BClFN2. The van der Waals surface area contributed by atoms with Gasteiger partial charge in [0.2, 0.25) is 0 Å². The van der Waals surface area contributed by atoms with Crippen molar-refractivity contribution in [3.05, 3.63) is 65.4 Å². The molecule has 0 amide bonds. The molecule has 1 heterocycles. The molecule has 3 aromatic rings. The van der Waals surface area contributed by atoms with Crippen LogP contribution in [0, 0.1) is 5.82 Å². The Bertz CT molecular complexity index is 812. The lowest BCUT2D eigenvalue weighted by Gasteiger charge is -2.27. The van der Waals surface area contributed by atoms with Gasteiger partial charge in [-0.1, -0.05) is 41.9 Å². The van der Waals surface area contributed by atoms with Crippen LogP contribution in [-0.4, -0.2) is 6.98 Å². The van der Waals surface area contributed by atoms with Gasteiger partial charge in [-0.15, -0.1) is 0 Å². The fourth-order valence-corrected chi connectivity index (χ4v) is 3.10. The van der Waals surface area contributed by atoms with Crippen molar-refractivity contribution in [1.82, 2.24) is 0 Å². The zero-order valence-corrected chi connectivity index (χ0v) is 11.8. The van der Waals surface area contributed by atoms with Crippen LogP contribution in [0.4, 0.5) is 15.8 Å². The SMILES string of the molecule is Fc1ccc(B2Nc3cccc4cccc(c34)N2)c(Cl)c1. The van der Waals surface area contributed by atoms with Gasteiger partial charge in [0.05, 0.1) is 0 Å². The van der Waals surface area contributed by atoms with E-state index in [0.29, 0.717) is 5.02 Å². The fourth-order valence-electron chi connectivity index (χ4n) is 2.82. The summed E-state index contributed by atoms with van der Waals surface area (Å²) in [6, 6.07) is 16.7. The Morgan fingerprint density at radius 1 is 0.905 bits per heavy atom. The van der Waals surface area contributed by atoms with Crippen LogP contribution in [0.3, 0.4) is 0 Å². The number of rotatable bonds is 1. The minimum Gasteiger partial charge on any atom is -0.405 e. The van der Waals surface area contributed by atoms with Gasteiger partial charge < -0.3 is 10.5 Å². The average molecular weight is 297 g/mol. The topological polar surface area (TPSA) is 24.1 Å². The molecule has 0 radical (unpaired) electrons. The first-order chi connectivity index (χ1) is 10.2. The third-order valence-corrected chi connectivity index (χ3v) is 4.11. The van der Waals surface area contributed by atoms with Gasteiger partial charge in [0.15, 0.2) is 0 Å². The first-order valence-corrected chi connectivity index (χ1v) is 7.10. The van der Waals surface area contributed by atoms with E-state index in [4.69, 9.17) is 11.6 Å². The molecule has 3 aromatic carbocycles. The van der Waals surface area contributed by atoms with Crippen molar-refractivity contribution in [3.63, 3.8) is 0 Å². The van der Waals surface area contributed by atoms with Crippen molar-refractivity contribution in [2.75, 3.05) is 10.5 Å². The summed E-state index contributed by atoms with van der Waals surface area (Å²) in [6.07, 6.45) is 0. The number of halogens is 2. The number of anilines is 2. The van der Waals surface area contributed by atoms with E-state index in [1.54, 1.807) is 6.07 Å². The van der Waals surface area contributed by atoms with E-state index in [1.165, 1.54) is 17.5 Å². The second kappa shape index (κ2) is 4.67. The quantitative estimate of drug-likeness (QED) is 0.666. The van der Waals surface area contributed by atoms with Crippen LogP contribution in [0.25, 0.3) is 10.8 Å². The molecule has 102 valence electrons. The highest BCUT2D eigenvalue weighted by Crippen LogP contribution is 2.34. The predicted molar refractivity (Wildman–Crippen MR) is 88.0 cm³/mol. The Balaban J connectivity index is 1.83. The van der Waals surface area contributed by atoms with Crippen molar-refractivity contribution >= 4 is 46.2 Å². The Labute approximate surface area is 127 Å². The standard InChI is InChI=1S/C16H11BClFN2/c18-13-9-11(19)7-8-12(13)17-20-14-5-1-3-10-4-2-6-15(21-17)16(10)14/h1-9,20-21H. The van der Waals surface area contributed by atoms with Crippen LogP contribution in [0.15, 0.2) is 54.6 Å². The van der Waals surface area contributed by atoms with Crippen molar-refractivity contribution < 1.29 is 4.39 Å². The smallest absolute Gasteiger partial charge is 0.405 e. The summed E-state index contributed by atoms with van der Waals surface area (Å²) in [6.45, 7) is -0.182. The van der Waals surface area contributed by atoms with Gasteiger partial charge >= 0.3 is 6.98 Å². The summed E-state index contributed by atoms with van der Waals surface area (Å²) in [5, 5.41) is 9.58. The summed E-state index contributed by atoms with van der Waals surface area (Å²) < 4.78 is 13.2. The van der Waals surface area contributed by atoms with E-state index in [-0.39, 0.29) is 12.8 Å². The Hall–Kier alpha value is -2.20. The molecule has 1 aliphatic rings. The molecule has 0 aliphatic carbocycles. The summed E-state index contributed by atoms with van der Waals surface area (Å²) >= 11 is 6.17. The molecule has 0 aromatic heterocycles. The van der Waals surface area contributed by atoms with Crippen molar-refractivity contribution in [1.29, 1.82) is 0 Å². The van der Waals surface area contributed by atoms with E-state index < -0.39 is 0 Å². The minimum absolute atomic E-state index is 0.182. The third-order valence-electron chi connectivity index (χ3n) is 3.78. The fraction of sp³-hybridized carbons (Fsp3) is 0. The third kappa shape index (κ3) is 2.03. The largest absolute Gasteiger partial charge is 0.407 e. The molecule has 1 aliphatic heterocycles. The Morgan fingerprint density at radius 3 is 2.19 bits per heavy atom. The van der Waals surface area contributed by atoms with E-state index in [9.17, 15) is 4.39 Å². The molecule has 0 unspecified atom stereocenters. The molecule has 0 saturated carbocycles. The highest BCUT2D eigenvalue weighted by molar-refractivity contribution is 6.82. The molecular weight excluding hydrogens is 285 g/mol. The number of nitrogens with one attached hydrogen (secondary N) is 2. The molecule has 0 bridgehead atoms. The second-order valence-corrected chi connectivity index (χ2v) is 5.50. The monoisotopic (exact) mass is 296 g/mol. The van der Waals surface area contributed by atoms with E-state index in [0.717, 1.165) is 22.2 Å². The van der Waals surface area contributed by atoms with Gasteiger partial charge in [0.1, 0.15) is 5.82 Å². The van der Waals surface area contributed by atoms with Crippen molar-refractivity contribution in [2.24, 2.45) is 0 Å². The maximum absolute atomic E-state index is 13.2. The average Bonchev–Trinajstić information content (AvgIpc) is 2.47. The maximum Gasteiger partial charge on any atom is 0.407 e. The Kier molecular flexibility index (Phi) is 2.79. The summed E-state index contributed by atoms with van der Waals surface area (Å²) in [5.41, 5.74) is 2.92. The molecule has 4 rings (SSSR count). The van der Waals surface area contributed by atoms with Gasteiger partial charge in [-0.25, -0.2) is 4.39 Å².